The summed E-state index contributed by atoms with van der Waals surface area (Å²) in [5, 5.41) is 8.91. The SMILES string of the molecule is CC(O)CNS(=O)(=O)c1ccccc1F. The number of aliphatic hydroxyl groups is 1. The molecule has 0 spiro atoms. The molecule has 0 amide bonds. The molecular formula is C9H12FNO3S. The molecule has 0 fully saturated rings. The van der Waals surface area contributed by atoms with Crippen LogP contribution in [-0.4, -0.2) is 26.2 Å². The van der Waals surface area contributed by atoms with Crippen LogP contribution in [0.15, 0.2) is 29.2 Å². The Morgan fingerprint density at radius 2 is 2.07 bits per heavy atom. The molecule has 1 aromatic rings. The first-order valence-corrected chi connectivity index (χ1v) is 5.84. The minimum Gasteiger partial charge on any atom is -0.392 e. The summed E-state index contributed by atoms with van der Waals surface area (Å²) in [6.07, 6.45) is -0.813. The molecule has 0 saturated heterocycles. The van der Waals surface area contributed by atoms with E-state index in [4.69, 9.17) is 5.11 Å². The van der Waals surface area contributed by atoms with Crippen LogP contribution in [0.5, 0.6) is 0 Å². The topological polar surface area (TPSA) is 66.4 Å². The molecule has 1 rings (SSSR count). The molecule has 2 N–H and O–H groups in total. The second kappa shape index (κ2) is 4.69. The molecule has 6 heteroatoms. The summed E-state index contributed by atoms with van der Waals surface area (Å²) >= 11 is 0. The highest BCUT2D eigenvalue weighted by molar-refractivity contribution is 7.89. The minimum atomic E-state index is -3.87. The van der Waals surface area contributed by atoms with Gasteiger partial charge in [-0.3, -0.25) is 0 Å². The summed E-state index contributed by atoms with van der Waals surface area (Å²) in [5.41, 5.74) is 0. The van der Waals surface area contributed by atoms with Crippen molar-refractivity contribution in [1.29, 1.82) is 0 Å². The first-order chi connectivity index (χ1) is 6.93. The first kappa shape index (κ1) is 12.1. The summed E-state index contributed by atoms with van der Waals surface area (Å²) < 4.78 is 38.2. The van der Waals surface area contributed by atoms with E-state index in [-0.39, 0.29) is 6.54 Å². The van der Waals surface area contributed by atoms with Gasteiger partial charge in [-0.25, -0.2) is 17.5 Å². The van der Waals surface area contributed by atoms with Gasteiger partial charge in [0.25, 0.3) is 0 Å². The van der Waals surface area contributed by atoms with Gasteiger partial charge in [0.05, 0.1) is 6.10 Å². The van der Waals surface area contributed by atoms with Crippen molar-refractivity contribution in [3.05, 3.63) is 30.1 Å². The third-order valence-corrected chi connectivity index (χ3v) is 3.15. The second-order valence-electron chi connectivity index (χ2n) is 3.13. The van der Waals surface area contributed by atoms with E-state index in [1.807, 2.05) is 0 Å². The van der Waals surface area contributed by atoms with E-state index in [2.05, 4.69) is 4.72 Å². The van der Waals surface area contributed by atoms with Gasteiger partial charge in [0.15, 0.2) is 0 Å². The molecule has 0 aliphatic heterocycles. The maximum Gasteiger partial charge on any atom is 0.243 e. The van der Waals surface area contributed by atoms with Crippen LogP contribution in [0.4, 0.5) is 4.39 Å². The summed E-state index contributed by atoms with van der Waals surface area (Å²) in [5.74, 6) is -0.810. The van der Waals surface area contributed by atoms with Gasteiger partial charge in [0.2, 0.25) is 10.0 Å². The molecule has 84 valence electrons. The van der Waals surface area contributed by atoms with Gasteiger partial charge in [-0.15, -0.1) is 0 Å². The van der Waals surface area contributed by atoms with Crippen molar-refractivity contribution in [3.63, 3.8) is 0 Å². The zero-order valence-corrected chi connectivity index (χ0v) is 8.96. The van der Waals surface area contributed by atoms with Crippen LogP contribution in [0.25, 0.3) is 0 Å². The maximum atomic E-state index is 13.1. The molecule has 0 radical (unpaired) electrons. The van der Waals surface area contributed by atoms with Crippen LogP contribution in [0.1, 0.15) is 6.92 Å². The van der Waals surface area contributed by atoms with E-state index < -0.39 is 26.8 Å². The lowest BCUT2D eigenvalue weighted by Crippen LogP contribution is -2.31. The van der Waals surface area contributed by atoms with Gasteiger partial charge in [-0.1, -0.05) is 12.1 Å². The number of nitrogens with one attached hydrogen (secondary N) is 1. The number of benzene rings is 1. The quantitative estimate of drug-likeness (QED) is 0.795. The lowest BCUT2D eigenvalue weighted by molar-refractivity contribution is 0.198. The van der Waals surface area contributed by atoms with Gasteiger partial charge in [0.1, 0.15) is 10.7 Å². The van der Waals surface area contributed by atoms with E-state index in [0.717, 1.165) is 6.07 Å². The Morgan fingerprint density at radius 3 is 2.60 bits per heavy atom. The van der Waals surface area contributed by atoms with Gasteiger partial charge in [-0.05, 0) is 19.1 Å². The predicted molar refractivity (Wildman–Crippen MR) is 53.3 cm³/mol. The minimum absolute atomic E-state index is 0.142. The fourth-order valence-electron chi connectivity index (χ4n) is 0.971. The smallest absolute Gasteiger partial charge is 0.243 e. The van der Waals surface area contributed by atoms with E-state index in [0.29, 0.717) is 0 Å². The first-order valence-electron chi connectivity index (χ1n) is 4.36. The average Bonchev–Trinajstić information content (AvgIpc) is 2.15. The summed E-state index contributed by atoms with van der Waals surface area (Å²) in [6.45, 7) is 1.29. The molecule has 1 aromatic carbocycles. The van der Waals surface area contributed by atoms with Gasteiger partial charge >= 0.3 is 0 Å². The van der Waals surface area contributed by atoms with Crippen LogP contribution in [0.3, 0.4) is 0 Å². The molecule has 0 aromatic heterocycles. The monoisotopic (exact) mass is 233 g/mol. The Labute approximate surface area is 87.8 Å². The van der Waals surface area contributed by atoms with Crippen molar-refractivity contribution in [2.24, 2.45) is 0 Å². The Bertz CT molecular complexity index is 431. The Hall–Kier alpha value is -0.980. The lowest BCUT2D eigenvalue weighted by atomic mass is 10.4. The van der Waals surface area contributed by atoms with Crippen molar-refractivity contribution in [2.45, 2.75) is 17.9 Å². The van der Waals surface area contributed by atoms with Crippen LogP contribution < -0.4 is 4.72 Å². The Kier molecular flexibility index (Phi) is 3.78. The molecule has 1 atom stereocenters. The molecule has 1 unspecified atom stereocenters. The molecule has 0 bridgehead atoms. The zero-order valence-electron chi connectivity index (χ0n) is 8.14. The zero-order chi connectivity index (χ0) is 11.5. The molecular weight excluding hydrogens is 221 g/mol. The van der Waals surface area contributed by atoms with Crippen LogP contribution in [0.2, 0.25) is 0 Å². The van der Waals surface area contributed by atoms with Crippen molar-refractivity contribution in [1.82, 2.24) is 4.72 Å². The molecule has 15 heavy (non-hydrogen) atoms. The van der Waals surface area contributed by atoms with Crippen molar-refractivity contribution < 1.29 is 17.9 Å². The van der Waals surface area contributed by atoms with E-state index in [1.165, 1.54) is 25.1 Å². The summed E-state index contributed by atoms with van der Waals surface area (Å²) in [6, 6.07) is 5.07. The van der Waals surface area contributed by atoms with Crippen LogP contribution >= 0.6 is 0 Å². The highest BCUT2D eigenvalue weighted by Crippen LogP contribution is 2.12. The molecule has 0 aliphatic rings. The van der Waals surface area contributed by atoms with Gasteiger partial charge < -0.3 is 5.11 Å². The Morgan fingerprint density at radius 1 is 1.47 bits per heavy atom. The van der Waals surface area contributed by atoms with Crippen molar-refractivity contribution >= 4 is 10.0 Å². The molecule has 0 aliphatic carbocycles. The molecule has 0 heterocycles. The van der Waals surface area contributed by atoms with Crippen LogP contribution in [-0.2, 0) is 10.0 Å². The average molecular weight is 233 g/mol. The maximum absolute atomic E-state index is 13.1. The lowest BCUT2D eigenvalue weighted by Gasteiger charge is -2.08. The Balaban J connectivity index is 2.92. The number of halogens is 1. The van der Waals surface area contributed by atoms with Crippen LogP contribution in [0, 0.1) is 5.82 Å². The second-order valence-corrected chi connectivity index (χ2v) is 4.87. The molecule has 0 saturated carbocycles. The van der Waals surface area contributed by atoms with E-state index in [1.54, 1.807) is 0 Å². The number of aliphatic hydroxyl groups excluding tert-OH is 1. The number of hydrogen-bond acceptors (Lipinski definition) is 3. The third-order valence-electron chi connectivity index (χ3n) is 1.69. The molecule has 4 nitrogen and oxygen atoms in total. The normalized spacial score (nSPS) is 13.8. The number of rotatable bonds is 4. The van der Waals surface area contributed by atoms with Gasteiger partial charge in [0, 0.05) is 6.54 Å². The fourth-order valence-corrected chi connectivity index (χ4v) is 2.17. The fraction of sp³-hybridized carbons (Fsp3) is 0.333. The largest absolute Gasteiger partial charge is 0.392 e. The van der Waals surface area contributed by atoms with Crippen molar-refractivity contribution in [3.8, 4) is 0 Å². The summed E-state index contributed by atoms with van der Waals surface area (Å²) in [4.78, 5) is -0.411. The highest BCUT2D eigenvalue weighted by Gasteiger charge is 2.18. The van der Waals surface area contributed by atoms with E-state index >= 15 is 0 Å². The predicted octanol–water partition coefficient (Wildman–Crippen LogP) is 0.485. The number of hydrogen-bond donors (Lipinski definition) is 2. The van der Waals surface area contributed by atoms with Crippen molar-refractivity contribution in [2.75, 3.05) is 6.54 Å². The standard InChI is InChI=1S/C9H12FNO3S/c1-7(12)6-11-15(13,14)9-5-3-2-4-8(9)10/h2-5,7,11-12H,6H2,1H3. The number of sulfonamides is 1. The van der Waals surface area contributed by atoms with E-state index in [9.17, 15) is 12.8 Å². The highest BCUT2D eigenvalue weighted by atomic mass is 32.2. The van der Waals surface area contributed by atoms with Gasteiger partial charge in [-0.2, -0.15) is 0 Å². The summed E-state index contributed by atoms with van der Waals surface area (Å²) in [7, 11) is -3.87. The third kappa shape index (κ3) is 3.26.